The molecule has 0 bridgehead atoms. The molecule has 31 heavy (non-hydrogen) atoms. The average molecular weight is 433 g/mol. The largest absolute Gasteiger partial charge is 0.356 e. The number of halogens is 1. The molecule has 9 nitrogen and oxygen atoms in total. The Hall–Kier alpha value is -3.99. The minimum Gasteiger partial charge on any atom is -0.356 e. The third kappa shape index (κ3) is 3.90. The van der Waals surface area contributed by atoms with E-state index in [0.29, 0.717) is 29.4 Å². The van der Waals surface area contributed by atoms with E-state index in [1.54, 1.807) is 16.8 Å². The van der Waals surface area contributed by atoms with Crippen molar-refractivity contribution in [2.75, 3.05) is 10.6 Å². The molecule has 2 N–H and O–H groups in total. The number of nitrogens with one attached hydrogen (secondary N) is 2. The first kappa shape index (κ1) is 19.0. The standard InChI is InChI=1S/C20H16FN9S/c1-12-27-28-20(31-12)24-10-13-6-9-30-17(13)19(25-15-5-8-22-11-14(15)21)26-18(29-30)16-4-2-3-7-23-16/h2-9,11H,10H2,1H3,(H,24,28)(H,22,25,26,29). The van der Waals surface area contributed by atoms with E-state index in [-0.39, 0.29) is 5.69 Å². The second-order valence-electron chi connectivity index (χ2n) is 6.59. The summed E-state index contributed by atoms with van der Waals surface area (Å²) in [5, 5.41) is 20.6. The molecule has 0 unspecified atom stereocenters. The summed E-state index contributed by atoms with van der Waals surface area (Å²) in [6.45, 7) is 2.37. The summed E-state index contributed by atoms with van der Waals surface area (Å²) in [6.07, 6.45) is 6.17. The fourth-order valence-corrected chi connectivity index (χ4v) is 3.65. The average Bonchev–Trinajstić information content (AvgIpc) is 3.40. The van der Waals surface area contributed by atoms with Crippen LogP contribution in [0.1, 0.15) is 10.6 Å². The first-order valence-corrected chi connectivity index (χ1v) is 10.2. The van der Waals surface area contributed by atoms with Crippen molar-refractivity contribution >= 4 is 33.5 Å². The number of fused-ring (bicyclic) bond motifs is 1. The predicted octanol–water partition coefficient (Wildman–Crippen LogP) is 3.84. The van der Waals surface area contributed by atoms with Crippen LogP contribution >= 0.6 is 11.3 Å². The van der Waals surface area contributed by atoms with E-state index in [0.717, 1.165) is 21.9 Å². The summed E-state index contributed by atoms with van der Waals surface area (Å²) >= 11 is 1.47. The van der Waals surface area contributed by atoms with Crippen molar-refractivity contribution in [2.24, 2.45) is 0 Å². The number of anilines is 3. The van der Waals surface area contributed by atoms with Crippen LogP contribution in [0, 0.1) is 12.7 Å². The van der Waals surface area contributed by atoms with Crippen LogP contribution in [-0.2, 0) is 6.54 Å². The number of pyridine rings is 2. The van der Waals surface area contributed by atoms with Crippen molar-refractivity contribution in [3.63, 3.8) is 0 Å². The van der Waals surface area contributed by atoms with Gasteiger partial charge in [-0.1, -0.05) is 17.4 Å². The monoisotopic (exact) mass is 433 g/mol. The van der Waals surface area contributed by atoms with Crippen molar-refractivity contribution in [3.05, 3.63) is 71.5 Å². The molecule has 5 rings (SSSR count). The highest BCUT2D eigenvalue weighted by molar-refractivity contribution is 7.15. The molecule has 0 radical (unpaired) electrons. The van der Waals surface area contributed by atoms with Crippen molar-refractivity contribution in [1.29, 1.82) is 0 Å². The van der Waals surface area contributed by atoms with Gasteiger partial charge in [-0.2, -0.15) is 0 Å². The molecule has 154 valence electrons. The van der Waals surface area contributed by atoms with Gasteiger partial charge in [0, 0.05) is 30.7 Å². The van der Waals surface area contributed by atoms with Crippen LogP contribution in [0.4, 0.5) is 21.0 Å². The summed E-state index contributed by atoms with van der Waals surface area (Å²) < 4.78 is 16.0. The number of nitrogens with zero attached hydrogens (tertiary/aromatic N) is 7. The van der Waals surface area contributed by atoms with Crippen LogP contribution in [0.2, 0.25) is 0 Å². The highest BCUT2D eigenvalue weighted by Crippen LogP contribution is 2.27. The van der Waals surface area contributed by atoms with Crippen molar-refractivity contribution in [2.45, 2.75) is 13.5 Å². The minimum absolute atomic E-state index is 0.266. The van der Waals surface area contributed by atoms with Gasteiger partial charge in [-0.05, 0) is 31.2 Å². The van der Waals surface area contributed by atoms with Gasteiger partial charge >= 0.3 is 0 Å². The van der Waals surface area contributed by atoms with E-state index < -0.39 is 5.82 Å². The minimum atomic E-state index is -0.478. The summed E-state index contributed by atoms with van der Waals surface area (Å²) in [5.74, 6) is 0.394. The highest BCUT2D eigenvalue weighted by atomic mass is 32.1. The van der Waals surface area contributed by atoms with Crippen LogP contribution in [0.3, 0.4) is 0 Å². The summed E-state index contributed by atoms with van der Waals surface area (Å²) in [5.41, 5.74) is 2.50. The van der Waals surface area contributed by atoms with Gasteiger partial charge in [0.1, 0.15) is 16.2 Å². The Bertz CT molecular complexity index is 1350. The van der Waals surface area contributed by atoms with Crippen LogP contribution in [-0.4, -0.2) is 34.8 Å². The van der Waals surface area contributed by atoms with Crippen LogP contribution in [0.25, 0.3) is 17.0 Å². The molecule has 0 saturated carbocycles. The van der Waals surface area contributed by atoms with E-state index >= 15 is 0 Å². The Labute approximate surface area is 180 Å². The Morgan fingerprint density at radius 3 is 2.84 bits per heavy atom. The molecule has 11 heteroatoms. The molecular formula is C20H16FN9S. The Morgan fingerprint density at radius 1 is 1.13 bits per heavy atom. The lowest BCUT2D eigenvalue weighted by Crippen LogP contribution is -2.07. The van der Waals surface area contributed by atoms with Crippen LogP contribution in [0.15, 0.2) is 55.1 Å². The lowest BCUT2D eigenvalue weighted by molar-refractivity contribution is 0.625. The zero-order valence-corrected chi connectivity index (χ0v) is 17.1. The molecule has 0 aliphatic rings. The SMILES string of the molecule is Cc1nnc(NCc2ccn3nc(-c4ccccn4)nc(Nc4ccncc4F)c23)s1. The Morgan fingerprint density at radius 2 is 2.06 bits per heavy atom. The summed E-state index contributed by atoms with van der Waals surface area (Å²) in [7, 11) is 0. The van der Waals surface area contributed by atoms with Crippen molar-refractivity contribution in [3.8, 4) is 11.5 Å². The van der Waals surface area contributed by atoms with Gasteiger partial charge in [-0.25, -0.2) is 13.9 Å². The van der Waals surface area contributed by atoms with E-state index in [1.807, 2.05) is 37.4 Å². The smallest absolute Gasteiger partial charge is 0.205 e. The maximum absolute atomic E-state index is 14.3. The molecule has 0 saturated heterocycles. The zero-order valence-electron chi connectivity index (χ0n) is 16.3. The molecule has 0 fully saturated rings. The molecule has 0 atom stereocenters. The Kier molecular flexibility index (Phi) is 4.92. The maximum Gasteiger partial charge on any atom is 0.205 e. The predicted molar refractivity (Wildman–Crippen MR) is 116 cm³/mol. The quantitative estimate of drug-likeness (QED) is 0.416. The molecule has 0 amide bonds. The van der Waals surface area contributed by atoms with E-state index in [2.05, 4.69) is 40.9 Å². The fraction of sp³-hybridized carbons (Fsp3) is 0.100. The molecule has 0 aliphatic carbocycles. The summed E-state index contributed by atoms with van der Waals surface area (Å²) in [6, 6.07) is 8.99. The van der Waals surface area contributed by atoms with Gasteiger partial charge < -0.3 is 10.6 Å². The molecule has 5 aromatic rings. The first-order valence-electron chi connectivity index (χ1n) is 9.37. The first-order chi connectivity index (χ1) is 15.2. The number of aromatic nitrogens is 7. The van der Waals surface area contributed by atoms with E-state index in [9.17, 15) is 4.39 Å². The second-order valence-corrected chi connectivity index (χ2v) is 7.78. The highest BCUT2D eigenvalue weighted by Gasteiger charge is 2.16. The van der Waals surface area contributed by atoms with Crippen LogP contribution in [0.5, 0.6) is 0 Å². The van der Waals surface area contributed by atoms with Gasteiger partial charge in [0.15, 0.2) is 11.6 Å². The number of rotatable bonds is 6. The summed E-state index contributed by atoms with van der Waals surface area (Å²) in [4.78, 5) is 12.8. The third-order valence-corrected chi connectivity index (χ3v) is 5.27. The van der Waals surface area contributed by atoms with Crippen molar-refractivity contribution in [1.82, 2.24) is 34.8 Å². The van der Waals surface area contributed by atoms with Gasteiger partial charge in [-0.15, -0.1) is 15.3 Å². The second kappa shape index (κ2) is 8.03. The normalized spacial score (nSPS) is 11.0. The third-order valence-electron chi connectivity index (χ3n) is 4.47. The molecular weight excluding hydrogens is 417 g/mol. The zero-order chi connectivity index (χ0) is 21.2. The van der Waals surface area contributed by atoms with Gasteiger partial charge in [-0.3, -0.25) is 9.97 Å². The molecule has 0 aromatic carbocycles. The fourth-order valence-electron chi connectivity index (χ4n) is 3.06. The number of hydrogen-bond donors (Lipinski definition) is 2. The van der Waals surface area contributed by atoms with Gasteiger partial charge in [0.05, 0.1) is 11.9 Å². The van der Waals surface area contributed by atoms with Crippen molar-refractivity contribution < 1.29 is 4.39 Å². The van der Waals surface area contributed by atoms with E-state index in [1.165, 1.54) is 17.5 Å². The number of hydrogen-bond acceptors (Lipinski definition) is 9. The number of aryl methyl sites for hydroxylation is 1. The molecule has 5 heterocycles. The molecule has 0 spiro atoms. The Balaban J connectivity index is 1.58. The molecule has 0 aliphatic heterocycles. The van der Waals surface area contributed by atoms with Gasteiger partial charge in [0.25, 0.3) is 0 Å². The topological polar surface area (TPSA) is 106 Å². The van der Waals surface area contributed by atoms with Crippen LogP contribution < -0.4 is 10.6 Å². The lowest BCUT2D eigenvalue weighted by Gasteiger charge is -2.12. The van der Waals surface area contributed by atoms with Gasteiger partial charge in [0.2, 0.25) is 11.0 Å². The maximum atomic E-state index is 14.3. The van der Waals surface area contributed by atoms with E-state index in [4.69, 9.17) is 0 Å². The lowest BCUT2D eigenvalue weighted by atomic mass is 10.2. The molecule has 5 aromatic heterocycles.